The standard InChI is InChI=1S/C19H24N2O3.2C2HF3O2/c1-15-4-5-17(24-15)12-21-9-6-18-19(13-21,7-10-22-18)14-23-16-3-2-8-20-11-16;2*3-2(4,5)1(6)7/h2-5,8,11,18H,6-7,9-10,12-14H2,1H3;2*(H,6,7)/t18-,19+;;/m1../s1. The van der Waals surface area contributed by atoms with Crippen molar-refractivity contribution >= 4 is 11.9 Å². The second-order valence-corrected chi connectivity index (χ2v) is 8.57. The monoisotopic (exact) mass is 556 g/mol. The smallest absolute Gasteiger partial charge is 0.490 e. The zero-order valence-corrected chi connectivity index (χ0v) is 20.1. The number of pyridine rings is 1. The topological polar surface area (TPSA) is 122 Å². The Morgan fingerprint density at radius 1 is 1.13 bits per heavy atom. The van der Waals surface area contributed by atoms with Crippen molar-refractivity contribution in [3.63, 3.8) is 0 Å². The summed E-state index contributed by atoms with van der Waals surface area (Å²) in [6.45, 7) is 6.38. The van der Waals surface area contributed by atoms with E-state index in [-0.39, 0.29) is 5.41 Å². The summed E-state index contributed by atoms with van der Waals surface area (Å²) in [6, 6.07) is 7.97. The number of halogens is 6. The molecule has 0 aromatic carbocycles. The van der Waals surface area contributed by atoms with E-state index in [0.29, 0.717) is 12.7 Å². The first-order chi connectivity index (χ1) is 17.6. The lowest BCUT2D eigenvalue weighted by Crippen LogP contribution is -2.52. The molecule has 38 heavy (non-hydrogen) atoms. The average Bonchev–Trinajstić information content (AvgIpc) is 3.43. The van der Waals surface area contributed by atoms with Gasteiger partial charge in [-0.15, -0.1) is 0 Å². The number of aromatic nitrogens is 1. The predicted molar refractivity (Wildman–Crippen MR) is 117 cm³/mol. The number of nitrogens with zero attached hydrogens (tertiary/aromatic N) is 2. The Bertz CT molecular complexity index is 1020. The first kappa shape index (κ1) is 30.9. The van der Waals surface area contributed by atoms with E-state index in [1.54, 1.807) is 12.4 Å². The highest BCUT2D eigenvalue weighted by molar-refractivity contribution is 5.73. The number of hydrogen-bond acceptors (Lipinski definition) is 7. The number of furan rings is 1. The molecule has 2 aliphatic heterocycles. The molecule has 2 aliphatic rings. The Morgan fingerprint density at radius 2 is 1.76 bits per heavy atom. The van der Waals surface area contributed by atoms with Crippen molar-refractivity contribution in [3.8, 4) is 5.75 Å². The number of carboxylic acids is 2. The molecule has 0 saturated carbocycles. The maximum atomic E-state index is 10.6. The molecule has 2 fully saturated rings. The van der Waals surface area contributed by atoms with E-state index in [9.17, 15) is 26.3 Å². The van der Waals surface area contributed by atoms with E-state index in [2.05, 4.69) is 16.0 Å². The fraction of sp³-hybridized carbons (Fsp3) is 0.522. The summed E-state index contributed by atoms with van der Waals surface area (Å²) in [5, 5.41) is 14.2. The van der Waals surface area contributed by atoms with Gasteiger partial charge in [0.2, 0.25) is 0 Å². The maximum Gasteiger partial charge on any atom is 0.490 e. The molecule has 2 saturated heterocycles. The SMILES string of the molecule is Cc1ccc(CN2CC[C@H]3OCC[C@@]3(COc3cccnc3)C2)o1.O=C(O)C(F)(F)F.O=C(O)C(F)(F)F. The molecule has 2 aromatic rings. The van der Waals surface area contributed by atoms with Crippen molar-refractivity contribution in [3.05, 3.63) is 48.2 Å². The zero-order valence-electron chi connectivity index (χ0n) is 20.1. The molecule has 212 valence electrons. The number of rotatable bonds is 5. The van der Waals surface area contributed by atoms with Gasteiger partial charge in [0, 0.05) is 31.3 Å². The average molecular weight is 556 g/mol. The van der Waals surface area contributed by atoms with E-state index in [4.69, 9.17) is 33.7 Å². The number of aryl methyl sites for hydroxylation is 1. The Labute approximate surface area is 213 Å². The fourth-order valence-electron chi connectivity index (χ4n) is 3.93. The highest BCUT2D eigenvalue weighted by Gasteiger charge is 2.48. The number of fused-ring (bicyclic) bond motifs is 1. The summed E-state index contributed by atoms with van der Waals surface area (Å²) in [4.78, 5) is 24.4. The number of ether oxygens (including phenoxy) is 2. The summed E-state index contributed by atoms with van der Waals surface area (Å²) in [5.41, 5.74) is 0.0652. The van der Waals surface area contributed by atoms with Crippen LogP contribution in [0.5, 0.6) is 5.75 Å². The molecule has 0 aliphatic carbocycles. The van der Waals surface area contributed by atoms with Crippen LogP contribution in [0, 0.1) is 12.3 Å². The summed E-state index contributed by atoms with van der Waals surface area (Å²) >= 11 is 0. The predicted octanol–water partition coefficient (Wildman–Crippen LogP) is 4.31. The first-order valence-electron chi connectivity index (χ1n) is 11.1. The molecule has 15 heteroatoms. The summed E-state index contributed by atoms with van der Waals surface area (Å²) in [7, 11) is 0. The number of alkyl halides is 6. The van der Waals surface area contributed by atoms with Crippen molar-refractivity contribution in [2.45, 2.75) is 44.8 Å². The molecular formula is C23H26F6N2O7. The van der Waals surface area contributed by atoms with Gasteiger partial charge < -0.3 is 24.1 Å². The molecule has 0 amide bonds. The minimum absolute atomic E-state index is 0.0652. The molecule has 0 spiro atoms. The molecule has 4 rings (SSSR count). The lowest BCUT2D eigenvalue weighted by molar-refractivity contribution is -0.193. The number of carboxylic acid groups (broad SMARTS) is 2. The minimum atomic E-state index is -5.08. The third-order valence-corrected chi connectivity index (χ3v) is 5.67. The molecule has 2 aromatic heterocycles. The molecule has 0 unspecified atom stereocenters. The van der Waals surface area contributed by atoms with Gasteiger partial charge in [0.15, 0.2) is 0 Å². The Hall–Kier alpha value is -3.33. The van der Waals surface area contributed by atoms with Crippen molar-refractivity contribution in [1.29, 1.82) is 0 Å². The van der Waals surface area contributed by atoms with E-state index in [0.717, 1.165) is 56.4 Å². The summed E-state index contributed by atoms with van der Waals surface area (Å²) < 4.78 is 81.3. The van der Waals surface area contributed by atoms with Crippen LogP contribution < -0.4 is 4.74 Å². The lowest BCUT2D eigenvalue weighted by Gasteiger charge is -2.43. The lowest BCUT2D eigenvalue weighted by atomic mass is 9.77. The van der Waals surface area contributed by atoms with Crippen LogP contribution in [0.2, 0.25) is 0 Å². The van der Waals surface area contributed by atoms with Crippen LogP contribution in [0.3, 0.4) is 0 Å². The van der Waals surface area contributed by atoms with Crippen LogP contribution >= 0.6 is 0 Å². The normalized spacial score (nSPS) is 21.3. The van der Waals surface area contributed by atoms with Crippen LogP contribution in [-0.2, 0) is 20.9 Å². The van der Waals surface area contributed by atoms with Crippen LogP contribution in [0.15, 0.2) is 41.1 Å². The molecule has 4 heterocycles. The number of hydrogen-bond donors (Lipinski definition) is 2. The van der Waals surface area contributed by atoms with E-state index in [1.165, 1.54) is 0 Å². The second-order valence-electron chi connectivity index (χ2n) is 8.57. The van der Waals surface area contributed by atoms with Gasteiger partial charge in [-0.2, -0.15) is 26.3 Å². The van der Waals surface area contributed by atoms with E-state index in [1.807, 2.05) is 25.1 Å². The molecule has 2 atom stereocenters. The maximum absolute atomic E-state index is 10.6. The highest BCUT2D eigenvalue weighted by atomic mass is 19.4. The van der Waals surface area contributed by atoms with Crippen molar-refractivity contribution in [1.82, 2.24) is 9.88 Å². The zero-order chi connectivity index (χ0) is 28.6. The largest absolute Gasteiger partial charge is 0.491 e. The molecule has 2 N–H and O–H groups in total. The highest BCUT2D eigenvalue weighted by Crippen LogP contribution is 2.41. The third kappa shape index (κ3) is 9.52. The fourth-order valence-corrected chi connectivity index (χ4v) is 3.93. The van der Waals surface area contributed by atoms with Gasteiger partial charge >= 0.3 is 24.3 Å². The minimum Gasteiger partial charge on any atom is -0.491 e. The Kier molecular flexibility index (Phi) is 10.5. The Morgan fingerprint density at radius 3 is 2.26 bits per heavy atom. The second kappa shape index (κ2) is 13.0. The van der Waals surface area contributed by atoms with Crippen molar-refractivity contribution in [2.24, 2.45) is 5.41 Å². The van der Waals surface area contributed by atoms with Crippen molar-refractivity contribution in [2.75, 3.05) is 26.3 Å². The van der Waals surface area contributed by atoms with E-state index >= 15 is 0 Å². The number of likely N-dealkylation sites (tertiary alicyclic amines) is 1. The van der Waals surface area contributed by atoms with E-state index < -0.39 is 24.3 Å². The molecule has 0 bridgehead atoms. The van der Waals surface area contributed by atoms with Gasteiger partial charge in [0.05, 0.1) is 25.5 Å². The van der Waals surface area contributed by atoms with Crippen LogP contribution in [0.4, 0.5) is 26.3 Å². The van der Waals surface area contributed by atoms with Gasteiger partial charge in [-0.05, 0) is 44.0 Å². The summed E-state index contributed by atoms with van der Waals surface area (Å²) in [5.74, 6) is -2.68. The molecule has 9 nitrogen and oxygen atoms in total. The van der Waals surface area contributed by atoms with Gasteiger partial charge in [-0.1, -0.05) is 0 Å². The molecule has 0 radical (unpaired) electrons. The van der Waals surface area contributed by atoms with Crippen LogP contribution in [0.1, 0.15) is 24.4 Å². The van der Waals surface area contributed by atoms with Gasteiger partial charge in [-0.3, -0.25) is 9.88 Å². The number of carbonyl (C=O) groups is 2. The van der Waals surface area contributed by atoms with Gasteiger partial charge in [0.25, 0.3) is 0 Å². The number of aliphatic carboxylic acids is 2. The van der Waals surface area contributed by atoms with Crippen LogP contribution in [0.25, 0.3) is 0 Å². The molecular weight excluding hydrogens is 530 g/mol. The third-order valence-electron chi connectivity index (χ3n) is 5.67. The van der Waals surface area contributed by atoms with Gasteiger partial charge in [-0.25, -0.2) is 9.59 Å². The first-order valence-corrected chi connectivity index (χ1v) is 11.1. The van der Waals surface area contributed by atoms with Gasteiger partial charge in [0.1, 0.15) is 17.3 Å². The number of piperidine rings is 1. The summed E-state index contributed by atoms with van der Waals surface area (Å²) in [6.07, 6.45) is -4.24. The Balaban J connectivity index is 0.000000301. The quantitative estimate of drug-likeness (QED) is 0.519. The van der Waals surface area contributed by atoms with Crippen LogP contribution in [-0.4, -0.2) is 76.8 Å². The van der Waals surface area contributed by atoms with Crippen molar-refractivity contribution < 1.29 is 60.0 Å².